The highest BCUT2D eigenvalue weighted by atomic mass is 35.5. The second-order valence-electron chi connectivity index (χ2n) is 8.68. The summed E-state index contributed by atoms with van der Waals surface area (Å²) in [4.78, 5) is 29.9. The first-order valence-corrected chi connectivity index (χ1v) is 11.5. The topological polar surface area (TPSA) is 52.7 Å². The molecule has 6 heteroatoms. The molecule has 2 unspecified atom stereocenters. The summed E-state index contributed by atoms with van der Waals surface area (Å²) in [6.07, 6.45) is 2.72. The Balaban J connectivity index is 1.28. The van der Waals surface area contributed by atoms with Gasteiger partial charge in [0.15, 0.2) is 0 Å². The number of nitrogens with zero attached hydrogens (tertiary/aromatic N) is 2. The molecule has 0 saturated carbocycles. The van der Waals surface area contributed by atoms with Gasteiger partial charge in [0.25, 0.3) is 5.91 Å². The molecule has 31 heavy (non-hydrogen) atoms. The highest BCUT2D eigenvalue weighted by molar-refractivity contribution is 6.30. The van der Waals surface area contributed by atoms with Gasteiger partial charge in [-0.3, -0.25) is 14.5 Å². The van der Waals surface area contributed by atoms with Crippen LogP contribution in [-0.2, 0) is 17.8 Å². The molecule has 1 N–H and O–H groups in total. The predicted molar refractivity (Wildman–Crippen MR) is 123 cm³/mol. The third kappa shape index (κ3) is 5.28. The molecule has 2 atom stereocenters. The maximum Gasteiger partial charge on any atom is 0.253 e. The van der Waals surface area contributed by atoms with Crippen molar-refractivity contribution in [1.82, 2.24) is 15.1 Å². The Labute approximate surface area is 189 Å². The van der Waals surface area contributed by atoms with Gasteiger partial charge in [0.2, 0.25) is 5.91 Å². The number of fused-ring (bicyclic) bond motifs is 1. The van der Waals surface area contributed by atoms with Crippen LogP contribution < -0.4 is 5.32 Å². The van der Waals surface area contributed by atoms with Gasteiger partial charge in [-0.05, 0) is 61.6 Å². The van der Waals surface area contributed by atoms with Gasteiger partial charge in [-0.25, -0.2) is 0 Å². The van der Waals surface area contributed by atoms with E-state index in [0.717, 1.165) is 32.4 Å². The monoisotopic (exact) mass is 439 g/mol. The van der Waals surface area contributed by atoms with E-state index in [-0.39, 0.29) is 23.8 Å². The highest BCUT2D eigenvalue weighted by Gasteiger charge is 2.29. The zero-order valence-corrected chi connectivity index (χ0v) is 18.8. The molecule has 2 aromatic carbocycles. The molecule has 0 bridgehead atoms. The lowest BCUT2D eigenvalue weighted by Crippen LogP contribution is -2.49. The number of nitrogens with one attached hydrogen (secondary N) is 1. The maximum absolute atomic E-state index is 12.8. The van der Waals surface area contributed by atoms with Gasteiger partial charge in [-0.1, -0.05) is 35.9 Å². The average molecular weight is 440 g/mol. The van der Waals surface area contributed by atoms with Gasteiger partial charge in [0, 0.05) is 49.4 Å². The molecule has 2 heterocycles. The van der Waals surface area contributed by atoms with Crippen molar-refractivity contribution >= 4 is 23.4 Å². The van der Waals surface area contributed by atoms with Gasteiger partial charge in [-0.2, -0.15) is 0 Å². The number of likely N-dealkylation sites (tertiary alicyclic amines) is 1. The Bertz CT molecular complexity index is 931. The lowest BCUT2D eigenvalue weighted by Gasteiger charge is -2.35. The van der Waals surface area contributed by atoms with Crippen molar-refractivity contribution in [3.63, 3.8) is 0 Å². The van der Waals surface area contributed by atoms with Crippen LogP contribution in [0.5, 0.6) is 0 Å². The summed E-state index contributed by atoms with van der Waals surface area (Å²) in [6, 6.07) is 15.8. The van der Waals surface area contributed by atoms with E-state index in [0.29, 0.717) is 30.2 Å². The standard InChI is InChI=1S/C25H30ClN3O2/c1-18(28-14-12-19-5-2-3-6-21(19)16-28)15-27-24(30)22-7-4-13-29(17-22)25(31)20-8-10-23(26)11-9-20/h2-3,5-6,8-11,18,22H,4,7,12-17H2,1H3,(H,27,30). The van der Waals surface area contributed by atoms with Gasteiger partial charge in [0.05, 0.1) is 5.92 Å². The van der Waals surface area contributed by atoms with Crippen LogP contribution in [0.3, 0.4) is 0 Å². The van der Waals surface area contributed by atoms with Crippen molar-refractivity contribution in [2.75, 3.05) is 26.2 Å². The molecule has 0 radical (unpaired) electrons. The molecule has 0 aromatic heterocycles. The molecule has 4 rings (SSSR count). The van der Waals surface area contributed by atoms with E-state index in [9.17, 15) is 9.59 Å². The number of piperidine rings is 1. The van der Waals surface area contributed by atoms with E-state index in [1.807, 2.05) is 0 Å². The zero-order valence-electron chi connectivity index (χ0n) is 18.0. The fourth-order valence-electron chi connectivity index (χ4n) is 4.57. The van der Waals surface area contributed by atoms with E-state index in [2.05, 4.69) is 41.4 Å². The Morgan fingerprint density at radius 1 is 1.10 bits per heavy atom. The van der Waals surface area contributed by atoms with Crippen LogP contribution in [0, 0.1) is 5.92 Å². The van der Waals surface area contributed by atoms with Gasteiger partial charge < -0.3 is 10.2 Å². The van der Waals surface area contributed by atoms with Crippen LogP contribution in [0.1, 0.15) is 41.3 Å². The summed E-state index contributed by atoms with van der Waals surface area (Å²) < 4.78 is 0. The first-order valence-electron chi connectivity index (χ1n) is 11.1. The number of carbonyl (C=O) groups is 2. The number of rotatable bonds is 5. The minimum atomic E-state index is -0.153. The third-order valence-corrected chi connectivity index (χ3v) is 6.78. The van der Waals surface area contributed by atoms with E-state index in [4.69, 9.17) is 11.6 Å². The lowest BCUT2D eigenvalue weighted by molar-refractivity contribution is -0.126. The second kappa shape index (κ2) is 9.84. The van der Waals surface area contributed by atoms with Crippen LogP contribution in [0.15, 0.2) is 48.5 Å². The summed E-state index contributed by atoms with van der Waals surface area (Å²) in [7, 11) is 0. The Morgan fingerprint density at radius 2 is 1.84 bits per heavy atom. The highest BCUT2D eigenvalue weighted by Crippen LogP contribution is 2.22. The minimum absolute atomic E-state index is 0.0329. The average Bonchev–Trinajstić information content (AvgIpc) is 2.82. The van der Waals surface area contributed by atoms with E-state index in [1.165, 1.54) is 11.1 Å². The number of hydrogen-bond acceptors (Lipinski definition) is 3. The van der Waals surface area contributed by atoms with Gasteiger partial charge >= 0.3 is 0 Å². The third-order valence-electron chi connectivity index (χ3n) is 6.53. The second-order valence-corrected chi connectivity index (χ2v) is 9.12. The number of carbonyl (C=O) groups excluding carboxylic acids is 2. The Kier molecular flexibility index (Phi) is 6.93. The van der Waals surface area contributed by atoms with Gasteiger partial charge in [0.1, 0.15) is 0 Å². The number of amides is 2. The molecular formula is C25H30ClN3O2. The SMILES string of the molecule is CC(CNC(=O)C1CCCN(C(=O)c2ccc(Cl)cc2)C1)N1CCc2ccccc2C1. The summed E-state index contributed by atoms with van der Waals surface area (Å²) in [6.45, 7) is 5.91. The normalized spacial score (nSPS) is 20.1. The van der Waals surface area contributed by atoms with Crippen LogP contribution in [-0.4, -0.2) is 53.8 Å². The quantitative estimate of drug-likeness (QED) is 0.771. The van der Waals surface area contributed by atoms with Crippen LogP contribution in [0.25, 0.3) is 0 Å². The largest absolute Gasteiger partial charge is 0.354 e. The molecule has 1 saturated heterocycles. The Hall–Kier alpha value is -2.37. The van der Waals surface area contributed by atoms with Crippen LogP contribution in [0.2, 0.25) is 5.02 Å². The first-order chi connectivity index (χ1) is 15.0. The minimum Gasteiger partial charge on any atom is -0.354 e. The molecule has 2 amide bonds. The number of hydrogen-bond donors (Lipinski definition) is 1. The van der Waals surface area contributed by atoms with Crippen molar-refractivity contribution in [3.05, 3.63) is 70.2 Å². The van der Waals surface area contributed by atoms with Crippen LogP contribution >= 0.6 is 11.6 Å². The number of benzene rings is 2. The Morgan fingerprint density at radius 3 is 2.61 bits per heavy atom. The molecule has 2 aliphatic heterocycles. The van der Waals surface area contributed by atoms with Crippen molar-refractivity contribution < 1.29 is 9.59 Å². The van der Waals surface area contributed by atoms with Crippen molar-refractivity contribution in [3.8, 4) is 0 Å². The van der Waals surface area contributed by atoms with Crippen LogP contribution in [0.4, 0.5) is 0 Å². The van der Waals surface area contributed by atoms with E-state index in [1.54, 1.807) is 29.2 Å². The summed E-state index contributed by atoms with van der Waals surface area (Å²) in [5, 5.41) is 3.75. The predicted octanol–water partition coefficient (Wildman–Crippen LogP) is 3.76. The lowest BCUT2D eigenvalue weighted by atomic mass is 9.96. The summed E-state index contributed by atoms with van der Waals surface area (Å²) in [5.41, 5.74) is 3.43. The smallest absolute Gasteiger partial charge is 0.253 e. The molecule has 164 valence electrons. The van der Waals surface area contributed by atoms with E-state index < -0.39 is 0 Å². The molecule has 0 aliphatic carbocycles. The fourth-order valence-corrected chi connectivity index (χ4v) is 4.69. The first kappa shape index (κ1) is 21.8. The molecule has 0 spiro atoms. The van der Waals surface area contributed by atoms with Gasteiger partial charge in [-0.15, -0.1) is 0 Å². The van der Waals surface area contributed by atoms with Crippen molar-refractivity contribution in [2.24, 2.45) is 5.92 Å². The summed E-state index contributed by atoms with van der Waals surface area (Å²) >= 11 is 5.93. The van der Waals surface area contributed by atoms with E-state index >= 15 is 0 Å². The van der Waals surface area contributed by atoms with Crippen molar-refractivity contribution in [2.45, 2.75) is 38.8 Å². The molecular weight excluding hydrogens is 410 g/mol. The zero-order chi connectivity index (χ0) is 21.8. The maximum atomic E-state index is 12.8. The molecule has 2 aliphatic rings. The fraction of sp³-hybridized carbons (Fsp3) is 0.440. The van der Waals surface area contributed by atoms with Crippen molar-refractivity contribution in [1.29, 1.82) is 0 Å². The number of halogens is 1. The molecule has 2 aromatic rings. The summed E-state index contributed by atoms with van der Waals surface area (Å²) in [5.74, 6) is -0.133. The molecule has 1 fully saturated rings. The molecule has 5 nitrogen and oxygen atoms in total.